The molecule has 0 spiro atoms. The van der Waals surface area contributed by atoms with E-state index in [1.807, 2.05) is 14.0 Å². The number of carbonyl (C=O) groups excluding carboxylic acids is 1. The highest BCUT2D eigenvalue weighted by Gasteiger charge is 2.15. The van der Waals surface area contributed by atoms with Crippen LogP contribution in [0.1, 0.15) is 48.2 Å². The Kier molecular flexibility index (Phi) is 4.89. The van der Waals surface area contributed by atoms with Gasteiger partial charge in [0.15, 0.2) is 0 Å². The molecule has 0 aliphatic carbocycles. The maximum atomic E-state index is 11.9. The molecule has 16 heavy (non-hydrogen) atoms. The third kappa shape index (κ3) is 3.28. The molecule has 0 saturated heterocycles. The molecule has 1 unspecified atom stereocenters. The molecule has 1 amide bonds. The molecule has 1 atom stereocenters. The molecule has 0 radical (unpaired) electrons. The van der Waals surface area contributed by atoms with Crippen molar-refractivity contribution in [3.8, 4) is 0 Å². The number of nitrogens with two attached hydrogens (primary N) is 1. The van der Waals surface area contributed by atoms with Crippen LogP contribution in [0.4, 0.5) is 0 Å². The van der Waals surface area contributed by atoms with Gasteiger partial charge in [-0.25, -0.2) is 4.98 Å². The molecule has 1 rings (SSSR count). The summed E-state index contributed by atoms with van der Waals surface area (Å²) >= 11 is 1.44. The standard InChI is InChI=1S/C11H19N3OS/c1-4-5-6-14(3)11(15)9-7-16-10(13-9)8(2)12/h7-8H,4-6,12H2,1-3H3. The van der Waals surface area contributed by atoms with Crippen LogP contribution in [0, 0.1) is 0 Å². The van der Waals surface area contributed by atoms with Crippen molar-refractivity contribution in [3.05, 3.63) is 16.1 Å². The Bertz CT molecular complexity index is 349. The lowest BCUT2D eigenvalue weighted by atomic mass is 10.3. The van der Waals surface area contributed by atoms with Crippen LogP contribution in [0.25, 0.3) is 0 Å². The van der Waals surface area contributed by atoms with Gasteiger partial charge in [-0.05, 0) is 13.3 Å². The molecule has 0 saturated carbocycles. The van der Waals surface area contributed by atoms with E-state index < -0.39 is 0 Å². The summed E-state index contributed by atoms with van der Waals surface area (Å²) in [5.74, 6) is -0.0170. The van der Waals surface area contributed by atoms with E-state index in [1.54, 1.807) is 10.3 Å². The second-order valence-electron chi connectivity index (χ2n) is 3.94. The fourth-order valence-electron chi connectivity index (χ4n) is 1.29. The smallest absolute Gasteiger partial charge is 0.273 e. The van der Waals surface area contributed by atoms with Gasteiger partial charge < -0.3 is 10.6 Å². The van der Waals surface area contributed by atoms with Gasteiger partial charge >= 0.3 is 0 Å². The normalized spacial score (nSPS) is 12.5. The Hall–Kier alpha value is -0.940. The van der Waals surface area contributed by atoms with Gasteiger partial charge in [-0.2, -0.15) is 0 Å². The monoisotopic (exact) mass is 241 g/mol. The molecule has 0 bridgehead atoms. The van der Waals surface area contributed by atoms with Gasteiger partial charge in [0, 0.05) is 19.0 Å². The number of thiazole rings is 1. The van der Waals surface area contributed by atoms with Crippen molar-refractivity contribution in [1.29, 1.82) is 0 Å². The van der Waals surface area contributed by atoms with Crippen LogP contribution < -0.4 is 5.73 Å². The van der Waals surface area contributed by atoms with E-state index in [2.05, 4.69) is 11.9 Å². The molecule has 0 aromatic carbocycles. The number of aromatic nitrogens is 1. The number of rotatable bonds is 5. The average Bonchev–Trinajstić information content (AvgIpc) is 2.74. The van der Waals surface area contributed by atoms with Crippen molar-refractivity contribution in [2.45, 2.75) is 32.7 Å². The largest absolute Gasteiger partial charge is 0.340 e. The maximum Gasteiger partial charge on any atom is 0.273 e. The summed E-state index contributed by atoms with van der Waals surface area (Å²) in [4.78, 5) is 17.9. The summed E-state index contributed by atoms with van der Waals surface area (Å²) < 4.78 is 0. The predicted molar refractivity (Wildman–Crippen MR) is 66.6 cm³/mol. The van der Waals surface area contributed by atoms with Gasteiger partial charge in [-0.3, -0.25) is 4.79 Å². The number of unbranched alkanes of at least 4 members (excludes halogenated alkanes) is 1. The first-order valence-corrected chi connectivity index (χ1v) is 6.40. The first-order valence-electron chi connectivity index (χ1n) is 5.52. The van der Waals surface area contributed by atoms with Crippen molar-refractivity contribution in [2.24, 2.45) is 5.73 Å². The van der Waals surface area contributed by atoms with Crippen molar-refractivity contribution < 1.29 is 4.79 Å². The van der Waals surface area contributed by atoms with E-state index in [1.165, 1.54) is 11.3 Å². The minimum absolute atomic E-state index is 0.0170. The molecule has 90 valence electrons. The van der Waals surface area contributed by atoms with Crippen LogP contribution >= 0.6 is 11.3 Å². The lowest BCUT2D eigenvalue weighted by Crippen LogP contribution is -2.28. The quantitative estimate of drug-likeness (QED) is 0.858. The van der Waals surface area contributed by atoms with Crippen LogP contribution in [-0.2, 0) is 0 Å². The summed E-state index contributed by atoms with van der Waals surface area (Å²) in [6.07, 6.45) is 2.10. The van der Waals surface area contributed by atoms with Gasteiger partial charge in [0.1, 0.15) is 10.7 Å². The summed E-state index contributed by atoms with van der Waals surface area (Å²) in [5.41, 5.74) is 6.22. The number of amides is 1. The summed E-state index contributed by atoms with van der Waals surface area (Å²) in [6.45, 7) is 4.75. The molecule has 4 nitrogen and oxygen atoms in total. The zero-order valence-electron chi connectivity index (χ0n) is 10.1. The van der Waals surface area contributed by atoms with E-state index in [0.717, 1.165) is 24.4 Å². The van der Waals surface area contributed by atoms with Crippen LogP contribution in [0.3, 0.4) is 0 Å². The highest BCUT2D eigenvalue weighted by Crippen LogP contribution is 2.16. The molecule has 1 aromatic rings. The van der Waals surface area contributed by atoms with Crippen molar-refractivity contribution in [2.75, 3.05) is 13.6 Å². The zero-order chi connectivity index (χ0) is 12.1. The molecule has 0 aliphatic rings. The second kappa shape index (κ2) is 5.96. The van der Waals surface area contributed by atoms with E-state index >= 15 is 0 Å². The van der Waals surface area contributed by atoms with E-state index in [9.17, 15) is 4.79 Å². The fourth-order valence-corrected chi connectivity index (χ4v) is 2.04. The Morgan fingerprint density at radius 1 is 1.69 bits per heavy atom. The summed E-state index contributed by atoms with van der Waals surface area (Å²) in [6, 6.07) is -0.104. The van der Waals surface area contributed by atoms with Crippen LogP contribution in [0.5, 0.6) is 0 Å². The van der Waals surface area contributed by atoms with Crippen molar-refractivity contribution in [3.63, 3.8) is 0 Å². The van der Waals surface area contributed by atoms with E-state index in [4.69, 9.17) is 5.73 Å². The number of hydrogen-bond donors (Lipinski definition) is 1. The van der Waals surface area contributed by atoms with E-state index in [-0.39, 0.29) is 11.9 Å². The van der Waals surface area contributed by atoms with Gasteiger partial charge in [0.05, 0.1) is 6.04 Å². The van der Waals surface area contributed by atoms with Gasteiger partial charge in [0.25, 0.3) is 5.91 Å². The molecule has 1 aromatic heterocycles. The van der Waals surface area contributed by atoms with Crippen molar-refractivity contribution >= 4 is 17.2 Å². The number of hydrogen-bond acceptors (Lipinski definition) is 4. The second-order valence-corrected chi connectivity index (χ2v) is 4.83. The molecular weight excluding hydrogens is 222 g/mol. The van der Waals surface area contributed by atoms with Crippen LogP contribution in [0.15, 0.2) is 5.38 Å². The third-order valence-electron chi connectivity index (χ3n) is 2.32. The molecule has 1 heterocycles. The van der Waals surface area contributed by atoms with Gasteiger partial charge in [-0.15, -0.1) is 11.3 Å². The Balaban J connectivity index is 2.65. The zero-order valence-corrected chi connectivity index (χ0v) is 10.9. The molecule has 2 N–H and O–H groups in total. The van der Waals surface area contributed by atoms with Crippen molar-refractivity contribution in [1.82, 2.24) is 9.88 Å². The molecule has 0 aliphatic heterocycles. The molecular formula is C11H19N3OS. The molecule has 0 fully saturated rings. The molecule has 5 heteroatoms. The first-order chi connectivity index (χ1) is 7.56. The fraction of sp³-hybridized carbons (Fsp3) is 0.636. The minimum Gasteiger partial charge on any atom is -0.340 e. The predicted octanol–water partition coefficient (Wildman–Crippen LogP) is 2.03. The summed E-state index contributed by atoms with van der Waals surface area (Å²) in [5, 5.41) is 2.59. The Morgan fingerprint density at radius 2 is 2.38 bits per heavy atom. The minimum atomic E-state index is -0.104. The highest BCUT2D eigenvalue weighted by atomic mass is 32.1. The topological polar surface area (TPSA) is 59.2 Å². The van der Waals surface area contributed by atoms with Gasteiger partial charge in [0.2, 0.25) is 0 Å². The van der Waals surface area contributed by atoms with E-state index in [0.29, 0.717) is 5.69 Å². The van der Waals surface area contributed by atoms with Crippen LogP contribution in [-0.4, -0.2) is 29.4 Å². The Morgan fingerprint density at radius 3 is 2.88 bits per heavy atom. The SMILES string of the molecule is CCCCN(C)C(=O)c1csc(C(C)N)n1. The third-order valence-corrected chi connectivity index (χ3v) is 3.37. The van der Waals surface area contributed by atoms with Gasteiger partial charge in [-0.1, -0.05) is 13.3 Å². The highest BCUT2D eigenvalue weighted by molar-refractivity contribution is 7.09. The van der Waals surface area contributed by atoms with Crippen LogP contribution in [0.2, 0.25) is 0 Å². The lowest BCUT2D eigenvalue weighted by molar-refractivity contribution is 0.0788. The summed E-state index contributed by atoms with van der Waals surface area (Å²) in [7, 11) is 1.81. The maximum absolute atomic E-state index is 11.9. The average molecular weight is 241 g/mol. The first kappa shape index (κ1) is 13.1. The number of nitrogens with zero attached hydrogens (tertiary/aromatic N) is 2. The Labute approximate surface area is 100 Å². The lowest BCUT2D eigenvalue weighted by Gasteiger charge is -2.14. The number of carbonyl (C=O) groups is 1.